The summed E-state index contributed by atoms with van der Waals surface area (Å²) in [6, 6.07) is 2.84. The van der Waals surface area contributed by atoms with E-state index in [0.717, 1.165) is 12.6 Å². The zero-order valence-corrected chi connectivity index (χ0v) is 10.3. The normalized spacial score (nSPS) is 16.2. The average molecular weight is 239 g/mol. The van der Waals surface area contributed by atoms with Crippen LogP contribution >= 0.6 is 0 Å². The number of carbonyl (C=O) groups excluding carboxylic acids is 1. The second kappa shape index (κ2) is 5.23. The van der Waals surface area contributed by atoms with Crippen LogP contribution in [0.1, 0.15) is 32.9 Å². The molecule has 2 unspecified atom stereocenters. The fourth-order valence-corrected chi connectivity index (χ4v) is 1.54. The summed E-state index contributed by atoms with van der Waals surface area (Å²) in [5, 5.41) is 3.12. The van der Waals surface area contributed by atoms with Crippen LogP contribution in [0.25, 0.3) is 0 Å². The topological polar surface area (TPSA) is 68.0 Å². The molecule has 1 aromatic rings. The Balaban J connectivity index is 3.07. The van der Waals surface area contributed by atoms with Crippen LogP contribution < -0.4 is 11.1 Å². The fraction of sp³-hybridized carbons (Fsp3) is 0.500. The number of carbonyl (C=O) groups is 1. The summed E-state index contributed by atoms with van der Waals surface area (Å²) >= 11 is 0. The number of amides is 1. The Morgan fingerprint density at radius 1 is 1.65 bits per heavy atom. The van der Waals surface area contributed by atoms with E-state index < -0.39 is 17.3 Å². The Morgan fingerprint density at radius 3 is 2.71 bits per heavy atom. The van der Waals surface area contributed by atoms with Gasteiger partial charge in [0.15, 0.2) is 0 Å². The van der Waals surface area contributed by atoms with Crippen molar-refractivity contribution in [3.05, 3.63) is 29.8 Å². The lowest BCUT2D eigenvalue weighted by Crippen LogP contribution is -2.53. The van der Waals surface area contributed by atoms with Crippen molar-refractivity contribution in [2.45, 2.75) is 38.8 Å². The molecule has 0 aliphatic heterocycles. The molecule has 2 atom stereocenters. The molecule has 0 radical (unpaired) electrons. The highest BCUT2D eigenvalue weighted by atomic mass is 19.1. The Hall–Kier alpha value is -1.49. The van der Waals surface area contributed by atoms with Crippen LogP contribution in [0.5, 0.6) is 0 Å². The Bertz CT molecular complexity index is 393. The summed E-state index contributed by atoms with van der Waals surface area (Å²) in [7, 11) is 0. The van der Waals surface area contributed by atoms with Crippen molar-refractivity contribution in [2.24, 2.45) is 5.73 Å². The molecule has 0 aliphatic rings. The second-order valence-electron chi connectivity index (χ2n) is 4.30. The highest BCUT2D eigenvalue weighted by molar-refractivity contribution is 5.85. The first-order valence-electron chi connectivity index (χ1n) is 5.59. The van der Waals surface area contributed by atoms with E-state index in [-0.39, 0.29) is 6.04 Å². The van der Waals surface area contributed by atoms with Crippen molar-refractivity contribution in [2.75, 3.05) is 0 Å². The molecule has 0 saturated carbocycles. The van der Waals surface area contributed by atoms with Gasteiger partial charge in [-0.25, -0.2) is 4.39 Å². The van der Waals surface area contributed by atoms with E-state index in [1.807, 2.05) is 13.8 Å². The van der Waals surface area contributed by atoms with Crippen LogP contribution in [0, 0.1) is 5.82 Å². The molecular weight excluding hydrogens is 221 g/mol. The smallest absolute Gasteiger partial charge is 0.243 e. The van der Waals surface area contributed by atoms with E-state index in [0.29, 0.717) is 5.69 Å². The zero-order valence-electron chi connectivity index (χ0n) is 10.3. The molecule has 1 aromatic heterocycles. The molecule has 1 rings (SSSR count). The summed E-state index contributed by atoms with van der Waals surface area (Å²) in [6.07, 6.45) is 1.93. The van der Waals surface area contributed by atoms with Crippen LogP contribution in [0.15, 0.2) is 18.3 Å². The van der Waals surface area contributed by atoms with Gasteiger partial charge in [0.2, 0.25) is 5.91 Å². The van der Waals surface area contributed by atoms with Gasteiger partial charge in [-0.05, 0) is 32.4 Å². The predicted octanol–water partition coefficient (Wildman–Crippen LogP) is 1.31. The van der Waals surface area contributed by atoms with Gasteiger partial charge in [-0.2, -0.15) is 0 Å². The van der Waals surface area contributed by atoms with Crippen LogP contribution in [0.2, 0.25) is 0 Å². The minimum absolute atomic E-state index is 0.111. The molecule has 0 bridgehead atoms. The molecule has 0 fully saturated rings. The number of rotatable bonds is 5. The molecular formula is C12H18FN3O. The third kappa shape index (κ3) is 3.00. The highest BCUT2D eigenvalue weighted by Crippen LogP contribution is 2.19. The average Bonchev–Trinajstić information content (AvgIpc) is 2.29. The summed E-state index contributed by atoms with van der Waals surface area (Å²) < 4.78 is 12.8. The van der Waals surface area contributed by atoms with Gasteiger partial charge in [-0.3, -0.25) is 15.1 Å². The summed E-state index contributed by atoms with van der Waals surface area (Å²) in [5.41, 5.74) is 4.75. The van der Waals surface area contributed by atoms with Crippen molar-refractivity contribution in [3.8, 4) is 0 Å². The number of hydrogen-bond acceptors (Lipinski definition) is 3. The standard InChI is InChI=1S/C12H18FN3O/c1-4-8(2)16-12(3,11(14)17)10-6-5-9(13)7-15-10/h5-8,16H,4H2,1-3H3,(H2,14,17). The Labute approximate surface area is 100 Å². The van der Waals surface area contributed by atoms with E-state index in [1.54, 1.807) is 6.92 Å². The van der Waals surface area contributed by atoms with Crippen LogP contribution in [-0.2, 0) is 10.3 Å². The molecule has 1 amide bonds. The van der Waals surface area contributed by atoms with Gasteiger partial charge >= 0.3 is 0 Å². The van der Waals surface area contributed by atoms with E-state index in [9.17, 15) is 9.18 Å². The van der Waals surface area contributed by atoms with Crippen molar-refractivity contribution in [1.82, 2.24) is 10.3 Å². The molecule has 1 heterocycles. The largest absolute Gasteiger partial charge is 0.368 e. The number of primary amides is 1. The van der Waals surface area contributed by atoms with E-state index in [2.05, 4.69) is 10.3 Å². The van der Waals surface area contributed by atoms with E-state index in [1.165, 1.54) is 12.1 Å². The van der Waals surface area contributed by atoms with Gasteiger partial charge < -0.3 is 5.73 Å². The van der Waals surface area contributed by atoms with E-state index in [4.69, 9.17) is 5.73 Å². The molecule has 0 spiro atoms. The molecule has 3 N–H and O–H groups in total. The summed E-state index contributed by atoms with van der Waals surface area (Å²) in [5.74, 6) is -0.971. The first kappa shape index (κ1) is 13.6. The van der Waals surface area contributed by atoms with E-state index >= 15 is 0 Å². The van der Waals surface area contributed by atoms with Crippen molar-refractivity contribution >= 4 is 5.91 Å². The molecule has 17 heavy (non-hydrogen) atoms. The summed E-state index contributed by atoms with van der Waals surface area (Å²) in [4.78, 5) is 15.5. The number of aromatic nitrogens is 1. The molecule has 0 aliphatic carbocycles. The van der Waals surface area contributed by atoms with Gasteiger partial charge in [0.05, 0.1) is 11.9 Å². The molecule has 94 valence electrons. The number of halogens is 1. The highest BCUT2D eigenvalue weighted by Gasteiger charge is 2.35. The van der Waals surface area contributed by atoms with Crippen LogP contribution in [0.4, 0.5) is 4.39 Å². The number of nitrogens with one attached hydrogen (secondary N) is 1. The first-order valence-corrected chi connectivity index (χ1v) is 5.59. The van der Waals surface area contributed by atoms with Gasteiger partial charge in [0, 0.05) is 6.04 Å². The number of nitrogens with two attached hydrogens (primary N) is 1. The van der Waals surface area contributed by atoms with Gasteiger partial charge in [-0.15, -0.1) is 0 Å². The summed E-state index contributed by atoms with van der Waals surface area (Å²) in [6.45, 7) is 5.60. The van der Waals surface area contributed by atoms with Crippen molar-refractivity contribution < 1.29 is 9.18 Å². The molecule has 0 saturated heterocycles. The zero-order chi connectivity index (χ0) is 13.1. The molecule has 5 heteroatoms. The monoisotopic (exact) mass is 239 g/mol. The van der Waals surface area contributed by atoms with Crippen molar-refractivity contribution in [3.63, 3.8) is 0 Å². The Kier molecular flexibility index (Phi) is 4.17. The lowest BCUT2D eigenvalue weighted by Gasteiger charge is -2.30. The van der Waals surface area contributed by atoms with Crippen molar-refractivity contribution in [1.29, 1.82) is 0 Å². The van der Waals surface area contributed by atoms with Crippen LogP contribution in [-0.4, -0.2) is 16.9 Å². The maximum atomic E-state index is 12.8. The third-order valence-electron chi connectivity index (χ3n) is 2.88. The maximum Gasteiger partial charge on any atom is 0.243 e. The number of nitrogens with zero attached hydrogens (tertiary/aromatic N) is 1. The van der Waals surface area contributed by atoms with Gasteiger partial charge in [0.25, 0.3) is 0 Å². The second-order valence-corrected chi connectivity index (χ2v) is 4.30. The number of pyridine rings is 1. The molecule has 0 aromatic carbocycles. The van der Waals surface area contributed by atoms with Gasteiger partial charge in [0.1, 0.15) is 11.4 Å². The number of hydrogen-bond donors (Lipinski definition) is 2. The quantitative estimate of drug-likeness (QED) is 0.814. The Morgan fingerprint density at radius 2 is 2.29 bits per heavy atom. The first-order chi connectivity index (χ1) is 7.90. The lowest BCUT2D eigenvalue weighted by molar-refractivity contribution is -0.124. The minimum Gasteiger partial charge on any atom is -0.368 e. The fourth-order valence-electron chi connectivity index (χ4n) is 1.54. The maximum absolute atomic E-state index is 12.8. The van der Waals surface area contributed by atoms with Gasteiger partial charge in [-0.1, -0.05) is 6.92 Å². The minimum atomic E-state index is -1.08. The third-order valence-corrected chi connectivity index (χ3v) is 2.88. The predicted molar refractivity (Wildman–Crippen MR) is 63.6 cm³/mol. The van der Waals surface area contributed by atoms with Crippen LogP contribution in [0.3, 0.4) is 0 Å². The lowest BCUT2D eigenvalue weighted by atomic mass is 9.94. The SMILES string of the molecule is CCC(C)NC(C)(C(N)=O)c1ccc(F)cn1. The molecule has 4 nitrogen and oxygen atoms in total.